The Balaban J connectivity index is 1.65. The molecule has 0 unspecified atom stereocenters. The molecule has 3 aromatic rings. The van der Waals surface area contributed by atoms with Crippen LogP contribution in [0.2, 0.25) is 0 Å². The molecular weight excluding hydrogens is 398 g/mol. The average molecular weight is 412 g/mol. The van der Waals surface area contributed by atoms with E-state index in [4.69, 9.17) is 4.42 Å². The number of anilines is 1. The van der Waals surface area contributed by atoms with Gasteiger partial charge < -0.3 is 9.73 Å². The number of furan rings is 1. The molecule has 7 heteroatoms. The van der Waals surface area contributed by atoms with E-state index in [1.807, 2.05) is 6.07 Å². The molecule has 2 amide bonds. The van der Waals surface area contributed by atoms with Crippen molar-refractivity contribution < 1.29 is 14.0 Å². The van der Waals surface area contributed by atoms with Crippen LogP contribution in [0.3, 0.4) is 0 Å². The van der Waals surface area contributed by atoms with Gasteiger partial charge in [0.2, 0.25) is 0 Å². The van der Waals surface area contributed by atoms with Crippen LogP contribution < -0.4 is 10.7 Å². The number of carbonyl (C=O) groups is 2. The van der Waals surface area contributed by atoms with E-state index in [1.54, 1.807) is 54.6 Å². The number of hydrogen-bond acceptors (Lipinski definition) is 4. The van der Waals surface area contributed by atoms with E-state index in [0.29, 0.717) is 22.6 Å². The van der Waals surface area contributed by atoms with Gasteiger partial charge in [-0.05, 0) is 48.5 Å². The lowest BCUT2D eigenvalue weighted by molar-refractivity contribution is 0.0953. The van der Waals surface area contributed by atoms with E-state index in [-0.39, 0.29) is 5.91 Å². The summed E-state index contributed by atoms with van der Waals surface area (Å²) in [5.74, 6) is -0.133. The van der Waals surface area contributed by atoms with Crippen molar-refractivity contribution in [2.75, 3.05) is 5.32 Å². The maximum Gasteiger partial charge on any atom is 0.271 e. The fraction of sp³-hybridized carbons (Fsp3) is 0. The third-order valence-electron chi connectivity index (χ3n) is 3.37. The fourth-order valence-corrected chi connectivity index (χ4v) is 2.55. The maximum atomic E-state index is 12.3. The number of halogens is 1. The zero-order chi connectivity index (χ0) is 18.4. The van der Waals surface area contributed by atoms with E-state index < -0.39 is 5.91 Å². The molecular formula is C19H14BrN3O3. The molecule has 26 heavy (non-hydrogen) atoms. The van der Waals surface area contributed by atoms with E-state index in [0.717, 1.165) is 4.47 Å². The molecule has 0 spiro atoms. The Labute approximate surface area is 158 Å². The molecule has 0 saturated carbocycles. The van der Waals surface area contributed by atoms with Crippen LogP contribution >= 0.6 is 15.9 Å². The summed E-state index contributed by atoms with van der Waals surface area (Å²) >= 11 is 3.33. The molecule has 1 aromatic heterocycles. The van der Waals surface area contributed by atoms with E-state index in [2.05, 4.69) is 31.8 Å². The van der Waals surface area contributed by atoms with E-state index >= 15 is 0 Å². The first-order chi connectivity index (χ1) is 12.6. The zero-order valence-electron chi connectivity index (χ0n) is 13.5. The highest BCUT2D eigenvalue weighted by Crippen LogP contribution is 2.15. The summed E-state index contributed by atoms with van der Waals surface area (Å²) in [6.45, 7) is 0. The van der Waals surface area contributed by atoms with Gasteiger partial charge in [-0.15, -0.1) is 0 Å². The molecule has 2 N–H and O–H groups in total. The third-order valence-corrected chi connectivity index (χ3v) is 3.86. The Bertz CT molecular complexity index is 952. The highest BCUT2D eigenvalue weighted by Gasteiger charge is 2.09. The summed E-state index contributed by atoms with van der Waals surface area (Å²) in [6.07, 6.45) is 2.91. The summed E-state index contributed by atoms with van der Waals surface area (Å²) in [6, 6.07) is 17.1. The summed E-state index contributed by atoms with van der Waals surface area (Å²) in [5, 5.41) is 6.59. The molecule has 0 aliphatic carbocycles. The number of nitrogens with zero attached hydrogens (tertiary/aromatic N) is 1. The van der Waals surface area contributed by atoms with Crippen LogP contribution in [0.1, 0.15) is 26.5 Å². The van der Waals surface area contributed by atoms with Gasteiger partial charge in [0.1, 0.15) is 5.76 Å². The maximum absolute atomic E-state index is 12.3. The number of hydrazone groups is 1. The molecule has 0 saturated heterocycles. The zero-order valence-corrected chi connectivity index (χ0v) is 15.1. The van der Waals surface area contributed by atoms with Gasteiger partial charge >= 0.3 is 0 Å². The number of nitrogens with one attached hydrogen (secondary N) is 2. The number of amides is 2. The fourth-order valence-electron chi connectivity index (χ4n) is 2.15. The first-order valence-electron chi connectivity index (χ1n) is 7.66. The van der Waals surface area contributed by atoms with Gasteiger partial charge in [-0.25, -0.2) is 5.43 Å². The first-order valence-corrected chi connectivity index (χ1v) is 8.45. The quantitative estimate of drug-likeness (QED) is 0.490. The molecule has 0 bridgehead atoms. The lowest BCUT2D eigenvalue weighted by Crippen LogP contribution is -2.18. The van der Waals surface area contributed by atoms with Gasteiger partial charge in [-0.3, -0.25) is 9.59 Å². The second-order valence-corrected chi connectivity index (χ2v) is 6.18. The van der Waals surface area contributed by atoms with Crippen molar-refractivity contribution in [3.63, 3.8) is 0 Å². The Morgan fingerprint density at radius 1 is 0.962 bits per heavy atom. The summed E-state index contributed by atoms with van der Waals surface area (Å²) < 4.78 is 5.90. The van der Waals surface area contributed by atoms with Crippen molar-refractivity contribution in [2.24, 2.45) is 5.10 Å². The second-order valence-electron chi connectivity index (χ2n) is 5.26. The molecule has 0 fully saturated rings. The van der Waals surface area contributed by atoms with Crippen molar-refractivity contribution >= 4 is 39.6 Å². The highest BCUT2D eigenvalue weighted by molar-refractivity contribution is 9.10. The van der Waals surface area contributed by atoms with Crippen LogP contribution in [0, 0.1) is 0 Å². The molecule has 0 aliphatic heterocycles. The van der Waals surface area contributed by atoms with Gasteiger partial charge in [0.05, 0.1) is 12.5 Å². The normalized spacial score (nSPS) is 10.7. The van der Waals surface area contributed by atoms with Gasteiger partial charge in [-0.2, -0.15) is 5.10 Å². The number of benzene rings is 2. The molecule has 0 aliphatic rings. The molecule has 0 atom stereocenters. The summed E-state index contributed by atoms with van der Waals surface area (Å²) in [7, 11) is 0. The Morgan fingerprint density at radius 2 is 1.73 bits per heavy atom. The minimum absolute atomic E-state index is 0.264. The highest BCUT2D eigenvalue weighted by atomic mass is 79.9. The minimum Gasteiger partial charge on any atom is -0.463 e. The minimum atomic E-state index is -0.397. The van der Waals surface area contributed by atoms with Crippen molar-refractivity contribution in [3.05, 3.63) is 88.3 Å². The molecule has 0 radical (unpaired) electrons. The molecule has 6 nitrogen and oxygen atoms in total. The van der Waals surface area contributed by atoms with E-state index in [1.165, 1.54) is 12.5 Å². The van der Waals surface area contributed by atoms with Gasteiger partial charge in [-0.1, -0.05) is 28.1 Å². The third kappa shape index (κ3) is 4.67. The SMILES string of the molecule is O=C(N/N=C/c1ccco1)c1cccc(NC(=O)c2cccc(Br)c2)c1. The number of rotatable bonds is 5. The van der Waals surface area contributed by atoms with Crippen LogP contribution in [-0.4, -0.2) is 18.0 Å². The molecule has 2 aromatic carbocycles. The van der Waals surface area contributed by atoms with Gasteiger partial charge in [0.25, 0.3) is 11.8 Å². The lowest BCUT2D eigenvalue weighted by atomic mass is 10.1. The summed E-state index contributed by atoms with van der Waals surface area (Å²) in [4.78, 5) is 24.4. The molecule has 3 rings (SSSR count). The lowest BCUT2D eigenvalue weighted by Gasteiger charge is -2.07. The standard InChI is InChI=1S/C19H14BrN3O3/c20-15-6-1-4-13(10-15)18(24)22-16-7-2-5-14(11-16)19(25)23-21-12-17-8-3-9-26-17/h1-12H,(H,22,24)(H,23,25)/b21-12+. The monoisotopic (exact) mass is 411 g/mol. The number of carbonyl (C=O) groups excluding carboxylic acids is 2. The van der Waals surface area contributed by atoms with Crippen LogP contribution in [-0.2, 0) is 0 Å². The van der Waals surface area contributed by atoms with Crippen molar-refractivity contribution in [3.8, 4) is 0 Å². The second kappa shape index (κ2) is 8.26. The summed E-state index contributed by atoms with van der Waals surface area (Å²) in [5.41, 5.74) is 3.80. The Morgan fingerprint density at radius 3 is 2.46 bits per heavy atom. The van der Waals surface area contributed by atoms with Crippen LogP contribution in [0.4, 0.5) is 5.69 Å². The largest absolute Gasteiger partial charge is 0.463 e. The van der Waals surface area contributed by atoms with Gasteiger partial charge in [0, 0.05) is 21.3 Å². The number of hydrogen-bond donors (Lipinski definition) is 2. The van der Waals surface area contributed by atoms with Crippen LogP contribution in [0.25, 0.3) is 0 Å². The first kappa shape index (κ1) is 17.6. The van der Waals surface area contributed by atoms with Crippen molar-refractivity contribution in [1.82, 2.24) is 5.43 Å². The smallest absolute Gasteiger partial charge is 0.271 e. The van der Waals surface area contributed by atoms with Gasteiger partial charge in [0.15, 0.2) is 0 Å². The molecule has 130 valence electrons. The Hall–Kier alpha value is -3.19. The molecule has 1 heterocycles. The topological polar surface area (TPSA) is 83.7 Å². The van der Waals surface area contributed by atoms with E-state index in [9.17, 15) is 9.59 Å². The Kier molecular flexibility index (Phi) is 5.60. The average Bonchev–Trinajstić information content (AvgIpc) is 3.15. The van der Waals surface area contributed by atoms with Crippen LogP contribution in [0.5, 0.6) is 0 Å². The van der Waals surface area contributed by atoms with Crippen molar-refractivity contribution in [1.29, 1.82) is 0 Å². The predicted molar refractivity (Wildman–Crippen MR) is 102 cm³/mol. The predicted octanol–water partition coefficient (Wildman–Crippen LogP) is 4.06. The van der Waals surface area contributed by atoms with Crippen molar-refractivity contribution in [2.45, 2.75) is 0 Å². The van der Waals surface area contributed by atoms with Crippen LogP contribution in [0.15, 0.2) is 80.9 Å².